The molecular formula is C15H18ClFN2O. The van der Waals surface area contributed by atoms with Gasteiger partial charge in [0.2, 0.25) is 5.91 Å². The third-order valence-corrected chi connectivity index (χ3v) is 4.75. The molecule has 20 heavy (non-hydrogen) atoms. The van der Waals surface area contributed by atoms with E-state index in [2.05, 4.69) is 5.32 Å². The second kappa shape index (κ2) is 5.34. The molecule has 0 aliphatic carbocycles. The van der Waals surface area contributed by atoms with E-state index in [-0.39, 0.29) is 16.3 Å². The van der Waals surface area contributed by atoms with Gasteiger partial charge in [0.05, 0.1) is 5.02 Å². The molecule has 2 heterocycles. The Kier molecular flexibility index (Phi) is 3.69. The molecule has 1 aromatic rings. The summed E-state index contributed by atoms with van der Waals surface area (Å²) >= 11 is 5.79. The van der Waals surface area contributed by atoms with Crippen LogP contribution in [-0.4, -0.2) is 30.4 Å². The molecular weight excluding hydrogens is 279 g/mol. The fraction of sp³-hybridized carbons (Fsp3) is 0.533. The van der Waals surface area contributed by atoms with Gasteiger partial charge in [-0.2, -0.15) is 0 Å². The number of halogens is 2. The highest BCUT2D eigenvalue weighted by Crippen LogP contribution is 2.40. The van der Waals surface area contributed by atoms with Crippen LogP contribution < -0.4 is 5.32 Å². The third kappa shape index (κ3) is 2.54. The zero-order valence-corrected chi connectivity index (χ0v) is 12.0. The maximum absolute atomic E-state index is 13.9. The van der Waals surface area contributed by atoms with Crippen molar-refractivity contribution < 1.29 is 9.18 Å². The van der Waals surface area contributed by atoms with E-state index in [1.807, 2.05) is 0 Å². The predicted molar refractivity (Wildman–Crippen MR) is 76.0 cm³/mol. The molecule has 1 amide bonds. The van der Waals surface area contributed by atoms with E-state index in [0.717, 1.165) is 32.5 Å². The molecule has 5 heteroatoms. The van der Waals surface area contributed by atoms with Crippen molar-refractivity contribution in [3.63, 3.8) is 0 Å². The quantitative estimate of drug-likeness (QED) is 0.910. The Morgan fingerprint density at radius 3 is 2.85 bits per heavy atom. The topological polar surface area (TPSA) is 32.3 Å². The number of hydrogen-bond acceptors (Lipinski definition) is 2. The summed E-state index contributed by atoms with van der Waals surface area (Å²) in [6, 6.07) is 4.95. The van der Waals surface area contributed by atoms with E-state index in [1.165, 1.54) is 6.07 Å². The highest BCUT2D eigenvalue weighted by molar-refractivity contribution is 6.30. The molecule has 3 rings (SSSR count). The molecule has 1 N–H and O–H groups in total. The minimum absolute atomic E-state index is 0.0946. The lowest BCUT2D eigenvalue weighted by atomic mass is 9.78. The first-order valence-electron chi connectivity index (χ1n) is 7.01. The molecule has 2 fully saturated rings. The number of carbonyl (C=O) groups excluding carboxylic acids is 1. The molecule has 0 radical (unpaired) electrons. The Morgan fingerprint density at radius 2 is 2.10 bits per heavy atom. The van der Waals surface area contributed by atoms with Gasteiger partial charge in [-0.3, -0.25) is 4.79 Å². The number of hydrogen-bond donors (Lipinski definition) is 1. The molecule has 3 nitrogen and oxygen atoms in total. The van der Waals surface area contributed by atoms with Gasteiger partial charge in [-0.1, -0.05) is 23.7 Å². The van der Waals surface area contributed by atoms with E-state index in [4.69, 9.17) is 11.6 Å². The molecule has 2 saturated heterocycles. The predicted octanol–water partition coefficient (Wildman–Crippen LogP) is 2.58. The van der Waals surface area contributed by atoms with Crippen molar-refractivity contribution in [2.75, 3.05) is 19.6 Å². The fourth-order valence-electron chi connectivity index (χ4n) is 3.29. The largest absolute Gasteiger partial charge is 0.338 e. The number of likely N-dealkylation sites (tertiary alicyclic amines) is 1. The van der Waals surface area contributed by atoms with Crippen molar-refractivity contribution in [3.8, 4) is 0 Å². The zero-order valence-electron chi connectivity index (χ0n) is 11.3. The smallest absolute Gasteiger partial charge is 0.223 e. The van der Waals surface area contributed by atoms with Gasteiger partial charge < -0.3 is 10.2 Å². The number of rotatable bonds is 2. The van der Waals surface area contributed by atoms with Gasteiger partial charge in [-0.05, 0) is 37.4 Å². The van der Waals surface area contributed by atoms with Crippen LogP contribution in [0.4, 0.5) is 4.39 Å². The third-order valence-electron chi connectivity index (χ3n) is 4.46. The van der Waals surface area contributed by atoms with Gasteiger partial charge in [-0.15, -0.1) is 0 Å². The molecule has 0 saturated carbocycles. The Bertz CT molecular complexity index is 529. The van der Waals surface area contributed by atoms with Crippen LogP contribution in [0.3, 0.4) is 0 Å². The molecule has 0 unspecified atom stereocenters. The zero-order chi connectivity index (χ0) is 14.2. The molecule has 1 aromatic carbocycles. The van der Waals surface area contributed by atoms with Gasteiger partial charge in [-0.25, -0.2) is 4.39 Å². The van der Waals surface area contributed by atoms with E-state index in [1.54, 1.807) is 17.0 Å². The van der Waals surface area contributed by atoms with Crippen molar-refractivity contribution in [2.24, 2.45) is 5.41 Å². The van der Waals surface area contributed by atoms with Crippen LogP contribution in [0.25, 0.3) is 0 Å². The molecule has 0 aromatic heterocycles. The molecule has 2 aliphatic rings. The Hall–Kier alpha value is -1.13. The van der Waals surface area contributed by atoms with Crippen molar-refractivity contribution in [3.05, 3.63) is 34.6 Å². The number of amides is 1. The second-order valence-electron chi connectivity index (χ2n) is 5.89. The Morgan fingerprint density at radius 1 is 1.35 bits per heavy atom. The Labute approximate surface area is 123 Å². The van der Waals surface area contributed by atoms with Crippen LogP contribution in [-0.2, 0) is 11.3 Å². The molecule has 2 aliphatic heterocycles. The summed E-state index contributed by atoms with van der Waals surface area (Å²) in [7, 11) is 0. The first-order chi connectivity index (χ1) is 9.60. The van der Waals surface area contributed by atoms with Crippen LogP contribution in [0.2, 0.25) is 5.02 Å². The van der Waals surface area contributed by atoms with Crippen molar-refractivity contribution >= 4 is 17.5 Å². The second-order valence-corrected chi connectivity index (χ2v) is 6.30. The molecule has 108 valence electrons. The lowest BCUT2D eigenvalue weighted by molar-refractivity contribution is -0.128. The number of piperidine rings is 1. The monoisotopic (exact) mass is 296 g/mol. The standard InChI is InChI=1S/C15H18ClFN2O/c16-12-3-1-2-11(14(12)17)9-19-10-15(8-13(19)20)4-6-18-7-5-15/h1-3,18H,4-10H2. The summed E-state index contributed by atoms with van der Waals surface area (Å²) in [6.45, 7) is 2.99. The van der Waals surface area contributed by atoms with E-state index in [9.17, 15) is 9.18 Å². The maximum atomic E-state index is 13.9. The van der Waals surface area contributed by atoms with Gasteiger partial charge in [0, 0.05) is 25.1 Å². The number of nitrogens with zero attached hydrogens (tertiary/aromatic N) is 1. The van der Waals surface area contributed by atoms with Crippen LogP contribution in [0.15, 0.2) is 18.2 Å². The first kappa shape index (κ1) is 13.8. The molecule has 0 atom stereocenters. The number of nitrogens with one attached hydrogen (secondary N) is 1. The van der Waals surface area contributed by atoms with Crippen LogP contribution in [0.1, 0.15) is 24.8 Å². The van der Waals surface area contributed by atoms with Gasteiger partial charge in [0.1, 0.15) is 5.82 Å². The van der Waals surface area contributed by atoms with Crippen molar-refractivity contribution in [1.29, 1.82) is 0 Å². The van der Waals surface area contributed by atoms with Crippen LogP contribution in [0.5, 0.6) is 0 Å². The van der Waals surface area contributed by atoms with E-state index < -0.39 is 5.82 Å². The van der Waals surface area contributed by atoms with E-state index >= 15 is 0 Å². The molecule has 0 bridgehead atoms. The van der Waals surface area contributed by atoms with Gasteiger partial charge in [0.25, 0.3) is 0 Å². The van der Waals surface area contributed by atoms with E-state index in [0.29, 0.717) is 18.5 Å². The first-order valence-corrected chi connectivity index (χ1v) is 7.39. The van der Waals surface area contributed by atoms with Crippen molar-refractivity contribution in [2.45, 2.75) is 25.8 Å². The summed E-state index contributed by atoms with van der Waals surface area (Å²) in [5, 5.41) is 3.44. The summed E-state index contributed by atoms with van der Waals surface area (Å²) < 4.78 is 13.9. The lowest BCUT2D eigenvalue weighted by Crippen LogP contribution is -2.38. The summed E-state index contributed by atoms with van der Waals surface area (Å²) in [5.74, 6) is -0.278. The van der Waals surface area contributed by atoms with Gasteiger partial charge in [0.15, 0.2) is 0 Å². The molecule has 1 spiro atoms. The fourth-order valence-corrected chi connectivity index (χ4v) is 3.49. The number of carbonyl (C=O) groups is 1. The average molecular weight is 297 g/mol. The summed E-state index contributed by atoms with van der Waals surface area (Å²) in [5.41, 5.74) is 0.592. The SMILES string of the molecule is O=C1CC2(CCNCC2)CN1Cc1cccc(Cl)c1F. The van der Waals surface area contributed by atoms with Crippen molar-refractivity contribution in [1.82, 2.24) is 10.2 Å². The summed E-state index contributed by atoms with van der Waals surface area (Å²) in [4.78, 5) is 14.0. The minimum Gasteiger partial charge on any atom is -0.338 e. The normalized spacial score (nSPS) is 21.7. The minimum atomic E-state index is -0.409. The lowest BCUT2D eigenvalue weighted by Gasteiger charge is -2.33. The highest BCUT2D eigenvalue weighted by atomic mass is 35.5. The maximum Gasteiger partial charge on any atom is 0.223 e. The highest BCUT2D eigenvalue weighted by Gasteiger charge is 2.43. The number of benzene rings is 1. The van der Waals surface area contributed by atoms with Crippen LogP contribution in [0, 0.1) is 11.2 Å². The van der Waals surface area contributed by atoms with Crippen LogP contribution >= 0.6 is 11.6 Å². The van der Waals surface area contributed by atoms with Gasteiger partial charge >= 0.3 is 0 Å². The average Bonchev–Trinajstić information content (AvgIpc) is 2.72. The summed E-state index contributed by atoms with van der Waals surface area (Å²) in [6.07, 6.45) is 2.64. The Balaban J connectivity index is 1.75.